The molecule has 1 saturated heterocycles. The number of sulfonamides is 1. The zero-order valence-electron chi connectivity index (χ0n) is 15.9. The Morgan fingerprint density at radius 1 is 1.07 bits per heavy atom. The van der Waals surface area contributed by atoms with Gasteiger partial charge in [-0.05, 0) is 36.2 Å². The second-order valence-corrected chi connectivity index (χ2v) is 9.24. The summed E-state index contributed by atoms with van der Waals surface area (Å²) in [4.78, 5) is 14.0. The number of hydrogen-bond donors (Lipinski definition) is 0. The minimum atomic E-state index is -3.58. The van der Waals surface area contributed by atoms with E-state index < -0.39 is 10.0 Å². The van der Waals surface area contributed by atoms with Crippen LogP contribution in [0.1, 0.15) is 28.4 Å². The zero-order chi connectivity index (χ0) is 19.7. The molecule has 2 aromatic carbocycles. The topological polar surface area (TPSA) is 66.9 Å². The molecular weight excluding hydrogens is 376 g/mol. The van der Waals surface area contributed by atoms with Crippen molar-refractivity contribution in [3.8, 4) is 5.75 Å². The van der Waals surface area contributed by atoms with Gasteiger partial charge in [0.2, 0.25) is 10.0 Å². The Hall–Kier alpha value is -2.22. The average Bonchev–Trinajstić information content (AvgIpc) is 3.16. The minimum Gasteiger partial charge on any atom is -0.493 e. The van der Waals surface area contributed by atoms with Gasteiger partial charge in [0.15, 0.2) is 5.78 Å². The maximum absolute atomic E-state index is 12.9. The first-order valence-electron chi connectivity index (χ1n) is 9.51. The van der Waals surface area contributed by atoms with Gasteiger partial charge in [0.25, 0.3) is 0 Å². The summed E-state index contributed by atoms with van der Waals surface area (Å²) in [6.45, 7) is 5.25. The van der Waals surface area contributed by atoms with Gasteiger partial charge in [0.05, 0.1) is 11.5 Å². The van der Waals surface area contributed by atoms with Crippen LogP contribution in [0.15, 0.2) is 47.4 Å². The average molecular weight is 401 g/mol. The van der Waals surface area contributed by atoms with Crippen LogP contribution in [0.2, 0.25) is 0 Å². The smallest absolute Gasteiger partial charge is 0.243 e. The third-order valence-corrected chi connectivity index (χ3v) is 7.26. The Kier molecular flexibility index (Phi) is 5.23. The van der Waals surface area contributed by atoms with Crippen molar-refractivity contribution in [1.82, 2.24) is 9.21 Å². The van der Waals surface area contributed by atoms with Crippen molar-refractivity contribution in [3.63, 3.8) is 0 Å². The molecule has 0 N–H and O–H groups in total. The van der Waals surface area contributed by atoms with Crippen LogP contribution in [0.5, 0.6) is 5.75 Å². The molecule has 2 aromatic rings. The van der Waals surface area contributed by atoms with Gasteiger partial charge in [-0.1, -0.05) is 24.3 Å². The fourth-order valence-corrected chi connectivity index (χ4v) is 5.22. The predicted octanol–water partition coefficient (Wildman–Crippen LogP) is 2.33. The lowest BCUT2D eigenvalue weighted by molar-refractivity contribution is 0.101. The fourth-order valence-electron chi connectivity index (χ4n) is 3.75. The molecule has 0 spiro atoms. The summed E-state index contributed by atoms with van der Waals surface area (Å²) in [6, 6.07) is 12.6. The van der Waals surface area contributed by atoms with Gasteiger partial charge in [-0.15, -0.1) is 0 Å². The van der Waals surface area contributed by atoms with E-state index in [0.29, 0.717) is 31.7 Å². The van der Waals surface area contributed by atoms with Crippen LogP contribution in [0.3, 0.4) is 0 Å². The molecule has 7 heteroatoms. The number of nitrogens with zero attached hydrogens (tertiary/aromatic N) is 2. The van der Waals surface area contributed by atoms with Crippen molar-refractivity contribution >= 4 is 15.8 Å². The largest absolute Gasteiger partial charge is 0.493 e. The summed E-state index contributed by atoms with van der Waals surface area (Å²) in [5, 5.41) is 0. The third kappa shape index (κ3) is 3.83. The highest BCUT2D eigenvalue weighted by molar-refractivity contribution is 7.89. The highest BCUT2D eigenvalue weighted by Gasteiger charge is 2.29. The number of ether oxygens (including phenoxy) is 1. The number of hydrogen-bond acceptors (Lipinski definition) is 5. The van der Waals surface area contributed by atoms with Crippen LogP contribution in [0.25, 0.3) is 0 Å². The molecule has 0 amide bonds. The highest BCUT2D eigenvalue weighted by Crippen LogP contribution is 2.27. The van der Waals surface area contributed by atoms with E-state index >= 15 is 0 Å². The summed E-state index contributed by atoms with van der Waals surface area (Å²) < 4.78 is 32.9. The molecular formula is C21H24N2O4S. The lowest BCUT2D eigenvalue weighted by Crippen LogP contribution is -2.48. The van der Waals surface area contributed by atoms with E-state index in [4.69, 9.17) is 4.74 Å². The van der Waals surface area contributed by atoms with E-state index in [-0.39, 0.29) is 10.7 Å². The lowest BCUT2D eigenvalue weighted by atomic mass is 10.1. The quantitative estimate of drug-likeness (QED) is 0.721. The summed E-state index contributed by atoms with van der Waals surface area (Å²) in [7, 11) is -3.58. The molecule has 0 aromatic heterocycles. The number of fused-ring (bicyclic) bond motifs is 1. The van der Waals surface area contributed by atoms with Crippen LogP contribution in [-0.4, -0.2) is 56.2 Å². The first kappa shape index (κ1) is 19.1. The van der Waals surface area contributed by atoms with Crippen LogP contribution in [-0.2, 0) is 23.0 Å². The minimum absolute atomic E-state index is 0.137. The Balaban J connectivity index is 1.41. The monoisotopic (exact) mass is 400 g/mol. The number of rotatable bonds is 5. The maximum atomic E-state index is 12.9. The summed E-state index contributed by atoms with van der Waals surface area (Å²) in [5.41, 5.74) is 2.90. The van der Waals surface area contributed by atoms with Crippen LogP contribution >= 0.6 is 0 Å². The van der Waals surface area contributed by atoms with E-state index in [1.165, 1.54) is 28.4 Å². The predicted molar refractivity (Wildman–Crippen MR) is 106 cm³/mol. The Morgan fingerprint density at radius 2 is 1.86 bits per heavy atom. The SMILES string of the molecule is CC(=O)c1cccc(S(=O)(=O)N2CCN(Cc3ccc4c(c3)CCO4)CC2)c1. The first-order chi connectivity index (χ1) is 13.4. The van der Waals surface area contributed by atoms with E-state index in [2.05, 4.69) is 17.0 Å². The highest BCUT2D eigenvalue weighted by atomic mass is 32.2. The van der Waals surface area contributed by atoms with E-state index in [1.807, 2.05) is 6.07 Å². The molecule has 0 bridgehead atoms. The molecule has 0 saturated carbocycles. The van der Waals surface area contributed by atoms with Crippen molar-refractivity contribution < 1.29 is 17.9 Å². The number of ketones is 1. The molecule has 2 heterocycles. The molecule has 6 nitrogen and oxygen atoms in total. The number of Topliss-reactive ketones (excluding diaryl/α,β-unsaturated/α-hetero) is 1. The van der Waals surface area contributed by atoms with E-state index in [1.54, 1.807) is 18.2 Å². The van der Waals surface area contributed by atoms with Crippen molar-refractivity contribution in [2.75, 3.05) is 32.8 Å². The second kappa shape index (κ2) is 7.66. The van der Waals surface area contributed by atoms with Gasteiger partial charge in [-0.2, -0.15) is 4.31 Å². The summed E-state index contributed by atoms with van der Waals surface area (Å²) in [6.07, 6.45) is 0.953. The fraction of sp³-hybridized carbons (Fsp3) is 0.381. The van der Waals surface area contributed by atoms with E-state index in [9.17, 15) is 13.2 Å². The third-order valence-electron chi connectivity index (χ3n) is 5.37. The van der Waals surface area contributed by atoms with Crippen molar-refractivity contribution in [3.05, 3.63) is 59.2 Å². The molecule has 0 radical (unpaired) electrons. The second-order valence-electron chi connectivity index (χ2n) is 7.30. The number of carbonyl (C=O) groups excluding carboxylic acids is 1. The van der Waals surface area contributed by atoms with Gasteiger partial charge in [0.1, 0.15) is 5.75 Å². The number of piperazine rings is 1. The number of benzene rings is 2. The maximum Gasteiger partial charge on any atom is 0.243 e. The molecule has 0 aliphatic carbocycles. The van der Waals surface area contributed by atoms with Gasteiger partial charge in [-0.3, -0.25) is 9.69 Å². The van der Waals surface area contributed by atoms with E-state index in [0.717, 1.165) is 25.3 Å². The normalized spacial score (nSPS) is 17.9. The van der Waals surface area contributed by atoms with Crippen LogP contribution in [0, 0.1) is 0 Å². The molecule has 2 aliphatic heterocycles. The summed E-state index contributed by atoms with van der Waals surface area (Å²) >= 11 is 0. The molecule has 0 atom stereocenters. The Labute approximate surface area is 165 Å². The lowest BCUT2D eigenvalue weighted by Gasteiger charge is -2.34. The van der Waals surface area contributed by atoms with Gasteiger partial charge in [0, 0.05) is 44.7 Å². The first-order valence-corrected chi connectivity index (χ1v) is 11.0. The molecule has 0 unspecified atom stereocenters. The van der Waals surface area contributed by atoms with Gasteiger partial charge in [-0.25, -0.2) is 8.42 Å². The van der Waals surface area contributed by atoms with Crippen molar-refractivity contribution in [2.24, 2.45) is 0 Å². The molecule has 1 fully saturated rings. The van der Waals surface area contributed by atoms with Crippen molar-refractivity contribution in [1.29, 1.82) is 0 Å². The number of carbonyl (C=O) groups is 1. The Bertz CT molecular complexity index is 995. The Morgan fingerprint density at radius 3 is 2.61 bits per heavy atom. The zero-order valence-corrected chi connectivity index (χ0v) is 16.7. The van der Waals surface area contributed by atoms with Crippen molar-refractivity contribution in [2.45, 2.75) is 24.8 Å². The molecule has 4 rings (SSSR count). The molecule has 28 heavy (non-hydrogen) atoms. The van der Waals surface area contributed by atoms with Gasteiger partial charge < -0.3 is 4.74 Å². The summed E-state index contributed by atoms with van der Waals surface area (Å²) in [5.74, 6) is 0.842. The van der Waals surface area contributed by atoms with Gasteiger partial charge >= 0.3 is 0 Å². The molecule has 148 valence electrons. The van der Waals surface area contributed by atoms with Crippen LogP contribution < -0.4 is 4.74 Å². The standard InChI is InChI=1S/C21H24N2O4S/c1-16(24)18-3-2-4-20(14-18)28(25,26)23-10-8-22(9-11-23)15-17-5-6-21-19(13-17)7-12-27-21/h2-6,13-14H,7-12,15H2,1H3. The molecule has 2 aliphatic rings. The van der Waals surface area contributed by atoms with Crippen LogP contribution in [0.4, 0.5) is 0 Å².